The first-order valence-electron chi connectivity index (χ1n) is 9.57. The van der Waals surface area contributed by atoms with Crippen LogP contribution in [0.1, 0.15) is 43.0 Å². The number of phenols is 1. The Morgan fingerprint density at radius 3 is 1.79 bits per heavy atom. The number of hydrogen-bond acceptors (Lipinski definition) is 3. The lowest BCUT2D eigenvalue weighted by atomic mass is 9.83. The van der Waals surface area contributed by atoms with Crippen LogP contribution in [0.4, 0.5) is 0 Å². The highest BCUT2D eigenvalue weighted by molar-refractivity contribution is 7.98. The molecule has 0 bridgehead atoms. The van der Waals surface area contributed by atoms with Crippen LogP contribution in [-0.4, -0.2) is 5.11 Å². The van der Waals surface area contributed by atoms with Crippen LogP contribution in [0.25, 0.3) is 0 Å². The maximum absolute atomic E-state index is 11.1. The fourth-order valence-electron chi connectivity index (χ4n) is 3.13. The van der Waals surface area contributed by atoms with Gasteiger partial charge in [0.05, 0.1) is 0 Å². The van der Waals surface area contributed by atoms with Crippen molar-refractivity contribution >= 4 is 23.5 Å². The number of rotatable bonds is 6. The smallest absolute Gasteiger partial charge is 0.123 e. The van der Waals surface area contributed by atoms with Crippen LogP contribution < -0.4 is 0 Å². The summed E-state index contributed by atoms with van der Waals surface area (Å²) in [6.45, 7) is 8.65. The second-order valence-electron chi connectivity index (χ2n) is 7.99. The van der Waals surface area contributed by atoms with Gasteiger partial charge in [-0.3, -0.25) is 0 Å². The van der Waals surface area contributed by atoms with Crippen LogP contribution in [0.2, 0.25) is 0 Å². The second-order valence-corrected chi connectivity index (χ2v) is 10.1. The molecule has 28 heavy (non-hydrogen) atoms. The number of hydrogen-bond donors (Lipinski definition) is 1. The highest BCUT2D eigenvalue weighted by atomic mass is 32.2. The molecule has 0 aliphatic heterocycles. The van der Waals surface area contributed by atoms with Crippen molar-refractivity contribution in [2.75, 3.05) is 0 Å². The first kappa shape index (κ1) is 20.9. The monoisotopic (exact) mass is 408 g/mol. The van der Waals surface area contributed by atoms with Gasteiger partial charge in [0.2, 0.25) is 0 Å². The van der Waals surface area contributed by atoms with Crippen LogP contribution >= 0.6 is 23.5 Å². The van der Waals surface area contributed by atoms with Crippen molar-refractivity contribution in [3.63, 3.8) is 0 Å². The second kappa shape index (κ2) is 9.11. The van der Waals surface area contributed by atoms with Crippen molar-refractivity contribution in [1.29, 1.82) is 0 Å². The van der Waals surface area contributed by atoms with Gasteiger partial charge in [-0.15, -0.1) is 23.5 Å². The molecular weight excluding hydrogens is 380 g/mol. The molecule has 0 atom stereocenters. The first-order chi connectivity index (χ1) is 13.4. The molecule has 0 fully saturated rings. The van der Waals surface area contributed by atoms with Crippen LogP contribution in [0.15, 0.2) is 76.5 Å². The van der Waals surface area contributed by atoms with Crippen molar-refractivity contribution in [2.24, 2.45) is 0 Å². The highest BCUT2D eigenvalue weighted by Gasteiger charge is 2.23. The van der Waals surface area contributed by atoms with E-state index in [2.05, 4.69) is 82.3 Å². The fraction of sp³-hybridized carbons (Fsp3) is 0.280. The summed E-state index contributed by atoms with van der Waals surface area (Å²) in [5.41, 5.74) is 4.50. The fourth-order valence-corrected chi connectivity index (χ4v) is 5.12. The van der Waals surface area contributed by atoms with E-state index >= 15 is 0 Å². The molecule has 0 unspecified atom stereocenters. The summed E-state index contributed by atoms with van der Waals surface area (Å²) in [6, 6.07) is 23.1. The zero-order valence-electron chi connectivity index (χ0n) is 17.0. The summed E-state index contributed by atoms with van der Waals surface area (Å²) in [5.74, 6) is 2.14. The Morgan fingerprint density at radius 1 is 0.786 bits per heavy atom. The summed E-state index contributed by atoms with van der Waals surface area (Å²) in [7, 11) is 0. The molecule has 0 heterocycles. The van der Waals surface area contributed by atoms with Gasteiger partial charge < -0.3 is 5.11 Å². The third-order valence-corrected chi connectivity index (χ3v) is 6.97. The van der Waals surface area contributed by atoms with E-state index in [4.69, 9.17) is 0 Å². The summed E-state index contributed by atoms with van der Waals surface area (Å²) >= 11 is 3.63. The van der Waals surface area contributed by atoms with E-state index in [9.17, 15) is 5.11 Å². The van der Waals surface area contributed by atoms with E-state index in [-0.39, 0.29) is 5.41 Å². The average Bonchev–Trinajstić information content (AvgIpc) is 2.68. The molecule has 0 radical (unpaired) electrons. The Hall–Kier alpha value is -1.84. The minimum absolute atomic E-state index is 0.101. The van der Waals surface area contributed by atoms with Gasteiger partial charge in [0.1, 0.15) is 5.75 Å². The SMILES string of the molecule is Cc1c(CSc2ccccc2)cc(C(C)(C)C)c(O)c1CSc1ccccc1. The zero-order valence-corrected chi connectivity index (χ0v) is 18.7. The molecule has 0 aliphatic carbocycles. The predicted octanol–water partition coefficient (Wildman–Crippen LogP) is 7.58. The van der Waals surface area contributed by atoms with Crippen molar-refractivity contribution in [3.8, 4) is 5.75 Å². The largest absolute Gasteiger partial charge is 0.507 e. The average molecular weight is 409 g/mol. The van der Waals surface area contributed by atoms with Crippen LogP contribution in [-0.2, 0) is 16.9 Å². The molecule has 1 N–H and O–H groups in total. The quantitative estimate of drug-likeness (QED) is 0.424. The molecule has 0 saturated heterocycles. The first-order valence-corrected chi connectivity index (χ1v) is 11.5. The highest BCUT2D eigenvalue weighted by Crippen LogP contribution is 2.40. The summed E-state index contributed by atoms with van der Waals surface area (Å²) in [6.07, 6.45) is 0. The van der Waals surface area contributed by atoms with Gasteiger partial charge in [-0.05, 0) is 53.3 Å². The standard InChI is InChI=1S/C25H28OS2/c1-18-19(16-27-20-11-7-5-8-12-20)15-23(25(2,3)4)24(26)22(18)17-28-21-13-9-6-10-14-21/h5-15,26H,16-17H2,1-4H3. The van der Waals surface area contributed by atoms with Crippen molar-refractivity contribution in [3.05, 3.63) is 89.0 Å². The van der Waals surface area contributed by atoms with Gasteiger partial charge >= 0.3 is 0 Å². The Kier molecular flexibility index (Phi) is 6.79. The minimum atomic E-state index is -0.101. The molecular formula is C25H28OS2. The van der Waals surface area contributed by atoms with Crippen molar-refractivity contribution < 1.29 is 5.11 Å². The molecule has 3 rings (SSSR count). The minimum Gasteiger partial charge on any atom is -0.507 e. The van der Waals surface area contributed by atoms with Crippen LogP contribution in [0.5, 0.6) is 5.75 Å². The normalized spacial score (nSPS) is 11.6. The van der Waals surface area contributed by atoms with Crippen LogP contribution in [0.3, 0.4) is 0 Å². The third-order valence-electron chi connectivity index (χ3n) is 4.87. The molecule has 0 aromatic heterocycles. The lowest BCUT2D eigenvalue weighted by Gasteiger charge is -2.25. The summed E-state index contributed by atoms with van der Waals surface area (Å²) < 4.78 is 0. The topological polar surface area (TPSA) is 20.2 Å². The Bertz CT molecular complexity index is 913. The van der Waals surface area contributed by atoms with Gasteiger partial charge in [-0.25, -0.2) is 0 Å². The molecule has 0 aliphatic rings. The van der Waals surface area contributed by atoms with Gasteiger partial charge in [0.15, 0.2) is 0 Å². The van der Waals surface area contributed by atoms with Gasteiger partial charge in [0.25, 0.3) is 0 Å². The molecule has 0 spiro atoms. The summed E-state index contributed by atoms with van der Waals surface area (Å²) in [4.78, 5) is 2.50. The molecule has 146 valence electrons. The maximum Gasteiger partial charge on any atom is 0.123 e. The third kappa shape index (κ3) is 5.15. The van der Waals surface area contributed by atoms with E-state index in [1.807, 2.05) is 23.9 Å². The number of phenolic OH excluding ortho intramolecular Hbond substituents is 1. The van der Waals surface area contributed by atoms with Gasteiger partial charge in [0, 0.05) is 26.9 Å². The Morgan fingerprint density at radius 2 is 1.29 bits per heavy atom. The molecule has 3 heteroatoms. The lowest BCUT2D eigenvalue weighted by Crippen LogP contribution is -2.14. The van der Waals surface area contributed by atoms with Crippen molar-refractivity contribution in [2.45, 2.75) is 54.4 Å². The van der Waals surface area contributed by atoms with E-state index < -0.39 is 0 Å². The molecule has 3 aromatic carbocycles. The Labute approximate surface area is 177 Å². The van der Waals surface area contributed by atoms with E-state index in [0.717, 1.165) is 22.6 Å². The van der Waals surface area contributed by atoms with Crippen molar-refractivity contribution in [1.82, 2.24) is 0 Å². The van der Waals surface area contributed by atoms with E-state index in [1.165, 1.54) is 20.9 Å². The zero-order chi connectivity index (χ0) is 20.1. The van der Waals surface area contributed by atoms with Gasteiger partial charge in [-0.2, -0.15) is 0 Å². The number of aromatic hydroxyl groups is 1. The number of thioether (sulfide) groups is 2. The predicted molar refractivity (Wildman–Crippen MR) is 124 cm³/mol. The molecule has 0 saturated carbocycles. The molecule has 0 amide bonds. The maximum atomic E-state index is 11.1. The number of benzene rings is 3. The molecule has 3 aromatic rings. The van der Waals surface area contributed by atoms with Crippen LogP contribution in [0, 0.1) is 6.92 Å². The molecule has 1 nitrogen and oxygen atoms in total. The van der Waals surface area contributed by atoms with E-state index in [1.54, 1.807) is 11.8 Å². The van der Waals surface area contributed by atoms with E-state index in [0.29, 0.717) is 5.75 Å². The van der Waals surface area contributed by atoms with Gasteiger partial charge in [-0.1, -0.05) is 63.2 Å². The Balaban J connectivity index is 1.92. The summed E-state index contributed by atoms with van der Waals surface area (Å²) in [5, 5.41) is 11.1. The lowest BCUT2D eigenvalue weighted by molar-refractivity contribution is 0.441.